The smallest absolute Gasteiger partial charge is 0.0597 e. The maximum absolute atomic E-state index is 5.35. The normalized spacial score (nSPS) is 19.9. The number of nitrogens with zero attached hydrogens (tertiary/aromatic N) is 1. The monoisotopic (exact) mass is 156 g/mol. The lowest BCUT2D eigenvalue weighted by atomic mass is 10.4. The molecular formula is C9H18NO. The molecule has 1 radical (unpaired) electrons. The first-order chi connectivity index (χ1) is 5.29. The van der Waals surface area contributed by atoms with Crippen LogP contribution in [0.4, 0.5) is 0 Å². The Labute approximate surface area is 69.5 Å². The summed E-state index contributed by atoms with van der Waals surface area (Å²) in [5, 5.41) is 0. The summed E-state index contributed by atoms with van der Waals surface area (Å²) in [6.07, 6.45) is 2.86. The van der Waals surface area contributed by atoms with Crippen LogP contribution < -0.4 is 0 Å². The number of hydrogen-bond donors (Lipinski definition) is 0. The van der Waals surface area contributed by atoms with Crippen LogP contribution in [-0.2, 0) is 4.74 Å². The largest absolute Gasteiger partial charge is 0.377 e. The molecule has 0 saturated carbocycles. The Kier molecular flexibility index (Phi) is 3.87. The third-order valence-electron chi connectivity index (χ3n) is 2.01. The molecule has 0 bridgehead atoms. The second-order valence-electron chi connectivity index (χ2n) is 3.23. The zero-order valence-corrected chi connectivity index (χ0v) is 7.38. The summed E-state index contributed by atoms with van der Waals surface area (Å²) in [6.45, 7) is 10.2. The summed E-state index contributed by atoms with van der Waals surface area (Å²) in [5.74, 6) is 0. The Balaban J connectivity index is 1.94. The van der Waals surface area contributed by atoms with Crippen LogP contribution in [0.3, 0.4) is 0 Å². The molecule has 1 aliphatic heterocycles. The maximum Gasteiger partial charge on any atom is 0.0597 e. The molecular weight excluding hydrogens is 138 g/mol. The van der Waals surface area contributed by atoms with Crippen molar-refractivity contribution >= 4 is 0 Å². The average molecular weight is 156 g/mol. The third-order valence-corrected chi connectivity index (χ3v) is 2.01. The van der Waals surface area contributed by atoms with Crippen molar-refractivity contribution in [3.63, 3.8) is 0 Å². The lowest BCUT2D eigenvalue weighted by Crippen LogP contribution is -2.25. The van der Waals surface area contributed by atoms with Gasteiger partial charge in [-0.25, -0.2) is 0 Å². The highest BCUT2D eigenvalue weighted by Crippen LogP contribution is 2.06. The fourth-order valence-corrected chi connectivity index (χ4v) is 1.39. The number of rotatable bonds is 4. The van der Waals surface area contributed by atoms with Crippen LogP contribution in [0, 0.1) is 6.92 Å². The van der Waals surface area contributed by atoms with E-state index in [1.165, 1.54) is 25.9 Å². The number of ether oxygens (including phenoxy) is 1. The molecule has 2 heteroatoms. The van der Waals surface area contributed by atoms with Gasteiger partial charge in [0.2, 0.25) is 0 Å². The van der Waals surface area contributed by atoms with Crippen molar-refractivity contribution in [2.24, 2.45) is 0 Å². The van der Waals surface area contributed by atoms with Crippen LogP contribution in [-0.4, -0.2) is 37.2 Å². The van der Waals surface area contributed by atoms with Crippen LogP contribution >= 0.6 is 0 Å². The van der Waals surface area contributed by atoms with Crippen molar-refractivity contribution in [1.82, 2.24) is 4.90 Å². The van der Waals surface area contributed by atoms with Crippen molar-refractivity contribution in [3.05, 3.63) is 6.92 Å². The van der Waals surface area contributed by atoms with Gasteiger partial charge in [0.1, 0.15) is 0 Å². The fraction of sp³-hybridized carbons (Fsp3) is 0.889. The van der Waals surface area contributed by atoms with Gasteiger partial charge in [-0.15, -0.1) is 0 Å². The molecule has 1 rings (SSSR count). The number of likely N-dealkylation sites (tertiary alicyclic amines) is 1. The maximum atomic E-state index is 5.35. The van der Waals surface area contributed by atoms with Crippen molar-refractivity contribution in [3.8, 4) is 0 Å². The van der Waals surface area contributed by atoms with E-state index in [1.807, 2.05) is 6.92 Å². The first-order valence-corrected chi connectivity index (χ1v) is 4.46. The van der Waals surface area contributed by atoms with Crippen LogP contribution in [0.25, 0.3) is 0 Å². The molecule has 1 aliphatic rings. The summed E-state index contributed by atoms with van der Waals surface area (Å²) in [4.78, 5) is 2.45. The fourth-order valence-electron chi connectivity index (χ4n) is 1.39. The van der Waals surface area contributed by atoms with Crippen molar-refractivity contribution < 1.29 is 4.74 Å². The van der Waals surface area contributed by atoms with E-state index in [0.29, 0.717) is 0 Å². The Morgan fingerprint density at radius 1 is 1.45 bits per heavy atom. The predicted octanol–water partition coefficient (Wildman–Crippen LogP) is 1.32. The highest BCUT2D eigenvalue weighted by molar-refractivity contribution is 4.65. The van der Waals surface area contributed by atoms with Gasteiger partial charge in [-0.05, 0) is 39.8 Å². The first-order valence-electron chi connectivity index (χ1n) is 4.46. The molecule has 0 N–H and O–H groups in total. The zero-order valence-electron chi connectivity index (χ0n) is 7.38. The second kappa shape index (κ2) is 4.73. The van der Waals surface area contributed by atoms with Gasteiger partial charge in [-0.2, -0.15) is 0 Å². The van der Waals surface area contributed by atoms with Crippen molar-refractivity contribution in [2.45, 2.75) is 25.9 Å². The van der Waals surface area contributed by atoms with E-state index in [1.54, 1.807) is 0 Å². The van der Waals surface area contributed by atoms with Crippen LogP contribution in [0.2, 0.25) is 0 Å². The van der Waals surface area contributed by atoms with E-state index in [4.69, 9.17) is 4.74 Å². The minimum atomic E-state index is 0.137. The zero-order chi connectivity index (χ0) is 8.10. The minimum Gasteiger partial charge on any atom is -0.377 e. The third kappa shape index (κ3) is 3.73. The molecule has 2 nitrogen and oxygen atoms in total. The SMILES string of the molecule is [CH2]C(C)OCCN1CCCC1. The molecule has 0 spiro atoms. The first kappa shape index (κ1) is 9.01. The highest BCUT2D eigenvalue weighted by Gasteiger charge is 2.10. The van der Waals surface area contributed by atoms with E-state index in [0.717, 1.165) is 13.2 Å². The molecule has 0 aromatic carbocycles. The van der Waals surface area contributed by atoms with Gasteiger partial charge in [-0.3, -0.25) is 0 Å². The van der Waals surface area contributed by atoms with E-state index in [-0.39, 0.29) is 6.10 Å². The molecule has 11 heavy (non-hydrogen) atoms. The van der Waals surface area contributed by atoms with Crippen molar-refractivity contribution in [2.75, 3.05) is 26.2 Å². The highest BCUT2D eigenvalue weighted by atomic mass is 16.5. The molecule has 65 valence electrons. The lowest BCUT2D eigenvalue weighted by molar-refractivity contribution is 0.0782. The Hall–Kier alpha value is -0.0800. The second-order valence-corrected chi connectivity index (χ2v) is 3.23. The van der Waals surface area contributed by atoms with Crippen molar-refractivity contribution in [1.29, 1.82) is 0 Å². The summed E-state index contributed by atoms with van der Waals surface area (Å²) < 4.78 is 5.35. The molecule has 1 unspecified atom stereocenters. The molecule has 1 heterocycles. The van der Waals surface area contributed by atoms with E-state index >= 15 is 0 Å². The van der Waals surface area contributed by atoms with Crippen LogP contribution in [0.15, 0.2) is 0 Å². The van der Waals surface area contributed by atoms with Gasteiger partial charge in [-0.1, -0.05) is 0 Å². The summed E-state index contributed by atoms with van der Waals surface area (Å²) in [7, 11) is 0. The Bertz CT molecular complexity index is 97.7. The summed E-state index contributed by atoms with van der Waals surface area (Å²) in [5.41, 5.74) is 0. The molecule has 1 fully saturated rings. The topological polar surface area (TPSA) is 12.5 Å². The van der Waals surface area contributed by atoms with Gasteiger partial charge in [0, 0.05) is 6.54 Å². The molecule has 1 saturated heterocycles. The lowest BCUT2D eigenvalue weighted by Gasteiger charge is -2.15. The van der Waals surface area contributed by atoms with Crippen LogP contribution in [0.1, 0.15) is 19.8 Å². The predicted molar refractivity (Wildman–Crippen MR) is 46.4 cm³/mol. The minimum absolute atomic E-state index is 0.137. The Morgan fingerprint density at radius 3 is 2.64 bits per heavy atom. The number of hydrogen-bond acceptors (Lipinski definition) is 2. The van der Waals surface area contributed by atoms with Crippen LogP contribution in [0.5, 0.6) is 0 Å². The Morgan fingerprint density at radius 2 is 2.09 bits per heavy atom. The molecule has 0 aromatic heterocycles. The van der Waals surface area contributed by atoms with Gasteiger partial charge in [0.15, 0.2) is 0 Å². The van der Waals surface area contributed by atoms with Gasteiger partial charge < -0.3 is 9.64 Å². The van der Waals surface area contributed by atoms with Gasteiger partial charge in [0.25, 0.3) is 0 Å². The standard InChI is InChI=1S/C9H18NO/c1-9(2)11-8-7-10-5-3-4-6-10/h9H,1,3-8H2,2H3. The molecule has 0 aliphatic carbocycles. The quantitative estimate of drug-likeness (QED) is 0.608. The van der Waals surface area contributed by atoms with E-state index in [2.05, 4.69) is 11.8 Å². The summed E-state index contributed by atoms with van der Waals surface area (Å²) >= 11 is 0. The molecule has 1 atom stereocenters. The van der Waals surface area contributed by atoms with Gasteiger partial charge in [0.05, 0.1) is 12.7 Å². The van der Waals surface area contributed by atoms with E-state index in [9.17, 15) is 0 Å². The average Bonchev–Trinajstić information content (AvgIpc) is 2.39. The van der Waals surface area contributed by atoms with E-state index < -0.39 is 0 Å². The molecule has 0 aromatic rings. The summed E-state index contributed by atoms with van der Waals surface area (Å²) in [6, 6.07) is 0. The molecule has 0 amide bonds. The van der Waals surface area contributed by atoms with Gasteiger partial charge >= 0.3 is 0 Å².